The van der Waals surface area contributed by atoms with E-state index in [4.69, 9.17) is 9.47 Å². The first kappa shape index (κ1) is 22.8. The fraction of sp³-hybridized carbons (Fsp3) is 0.273. The molecule has 0 saturated carbocycles. The van der Waals surface area contributed by atoms with Crippen LogP contribution >= 0.6 is 11.3 Å². The van der Waals surface area contributed by atoms with E-state index in [-0.39, 0.29) is 33.0 Å². The number of ether oxygens (including phenoxy) is 2. The normalized spacial score (nSPS) is 11.5. The number of nitrogens with one attached hydrogen (secondary N) is 1. The van der Waals surface area contributed by atoms with Crippen LogP contribution < -0.4 is 4.72 Å². The largest absolute Gasteiger partial charge is 0.462 e. The van der Waals surface area contributed by atoms with Crippen LogP contribution in [0.4, 0.5) is 5.00 Å². The molecule has 0 atom stereocenters. The van der Waals surface area contributed by atoms with E-state index in [9.17, 15) is 18.0 Å². The molecule has 0 radical (unpaired) electrons. The van der Waals surface area contributed by atoms with E-state index < -0.39 is 22.0 Å². The highest BCUT2D eigenvalue weighted by Gasteiger charge is 2.29. The number of benzene rings is 2. The van der Waals surface area contributed by atoms with Crippen molar-refractivity contribution < 1.29 is 27.5 Å². The average molecular weight is 462 g/mol. The van der Waals surface area contributed by atoms with Crippen LogP contribution in [0.3, 0.4) is 0 Å². The highest BCUT2D eigenvalue weighted by atomic mass is 32.2. The van der Waals surface area contributed by atoms with Gasteiger partial charge < -0.3 is 9.47 Å². The fourth-order valence-corrected chi connectivity index (χ4v) is 5.43. The Hall–Kier alpha value is -2.91. The Morgan fingerprint density at radius 3 is 2.39 bits per heavy atom. The molecule has 1 aromatic heterocycles. The predicted octanol–water partition coefficient (Wildman–Crippen LogP) is 4.75. The molecule has 0 amide bonds. The molecule has 3 aromatic rings. The molecule has 0 bridgehead atoms. The minimum Gasteiger partial charge on any atom is -0.462 e. The predicted molar refractivity (Wildman–Crippen MR) is 120 cm³/mol. The minimum absolute atomic E-state index is 0.00641. The van der Waals surface area contributed by atoms with Crippen LogP contribution in [-0.2, 0) is 19.5 Å². The third kappa shape index (κ3) is 4.88. The Balaban J connectivity index is 2.05. The molecule has 0 aliphatic carbocycles. The molecule has 2 aromatic carbocycles. The molecule has 1 heterocycles. The van der Waals surface area contributed by atoms with Gasteiger partial charge in [0, 0.05) is 0 Å². The van der Waals surface area contributed by atoms with E-state index in [2.05, 4.69) is 4.72 Å². The summed E-state index contributed by atoms with van der Waals surface area (Å²) in [7, 11) is -4.03. The zero-order valence-electron chi connectivity index (χ0n) is 17.6. The Labute approximate surface area is 185 Å². The summed E-state index contributed by atoms with van der Waals surface area (Å²) in [6, 6.07) is 12.1. The Kier molecular flexibility index (Phi) is 6.66. The number of rotatable bonds is 7. The lowest BCUT2D eigenvalue weighted by Crippen LogP contribution is -2.15. The summed E-state index contributed by atoms with van der Waals surface area (Å²) in [4.78, 5) is 25.2. The van der Waals surface area contributed by atoms with Gasteiger partial charge in [0.25, 0.3) is 10.0 Å². The van der Waals surface area contributed by atoms with E-state index in [1.807, 2.05) is 24.3 Å². The smallest absolute Gasteiger partial charge is 0.348 e. The van der Waals surface area contributed by atoms with E-state index in [0.29, 0.717) is 5.56 Å². The van der Waals surface area contributed by atoms with Gasteiger partial charge in [-0.1, -0.05) is 30.3 Å². The van der Waals surface area contributed by atoms with Crippen LogP contribution in [0, 0.1) is 6.92 Å². The maximum Gasteiger partial charge on any atom is 0.348 e. The van der Waals surface area contributed by atoms with Crippen LogP contribution in [-0.4, -0.2) is 33.1 Å². The van der Waals surface area contributed by atoms with E-state index in [1.165, 1.54) is 6.07 Å². The SMILES string of the molecule is CCOC(=O)c1c(NS(=O)(=O)c2ccc3ccccc3c2)sc(C(=O)OC(C)C)c1C. The minimum atomic E-state index is -4.03. The molecule has 0 aliphatic heterocycles. The van der Waals surface area contributed by atoms with Crippen molar-refractivity contribution in [3.8, 4) is 0 Å². The van der Waals surface area contributed by atoms with Gasteiger partial charge in [-0.25, -0.2) is 18.0 Å². The summed E-state index contributed by atoms with van der Waals surface area (Å²) >= 11 is 0.850. The fourth-order valence-electron chi connectivity index (χ4n) is 3.01. The van der Waals surface area contributed by atoms with Gasteiger partial charge in [-0.2, -0.15) is 0 Å². The zero-order chi connectivity index (χ0) is 22.8. The van der Waals surface area contributed by atoms with Gasteiger partial charge in [0.05, 0.1) is 23.2 Å². The molecule has 0 unspecified atom stereocenters. The Morgan fingerprint density at radius 2 is 1.74 bits per heavy atom. The second-order valence-electron chi connectivity index (χ2n) is 7.05. The summed E-state index contributed by atoms with van der Waals surface area (Å²) in [5.41, 5.74) is 0.317. The van der Waals surface area contributed by atoms with Gasteiger partial charge in [0.1, 0.15) is 9.88 Å². The molecule has 9 heteroatoms. The highest BCUT2D eigenvalue weighted by Crippen LogP contribution is 2.36. The van der Waals surface area contributed by atoms with E-state index >= 15 is 0 Å². The van der Waals surface area contributed by atoms with Crippen molar-refractivity contribution in [1.82, 2.24) is 0 Å². The monoisotopic (exact) mass is 461 g/mol. The maximum atomic E-state index is 13.1. The summed E-state index contributed by atoms with van der Waals surface area (Å²) in [6.45, 7) is 6.73. The van der Waals surface area contributed by atoms with Crippen molar-refractivity contribution in [2.45, 2.75) is 38.7 Å². The van der Waals surface area contributed by atoms with E-state index in [0.717, 1.165) is 22.1 Å². The van der Waals surface area contributed by atoms with Gasteiger partial charge in [-0.15, -0.1) is 11.3 Å². The summed E-state index contributed by atoms with van der Waals surface area (Å²) in [5.74, 6) is -1.34. The van der Waals surface area contributed by atoms with Crippen molar-refractivity contribution in [2.24, 2.45) is 0 Å². The lowest BCUT2D eigenvalue weighted by molar-refractivity contribution is 0.0383. The molecular formula is C22H23NO6S2. The standard InChI is InChI=1S/C22H23NO6S2/c1-5-28-21(24)18-14(4)19(22(25)29-13(2)3)30-20(18)23-31(26,27)17-11-10-15-8-6-7-9-16(15)12-17/h6-13,23H,5H2,1-4H3. The molecule has 3 rings (SSSR count). The third-order valence-electron chi connectivity index (χ3n) is 4.41. The number of sulfonamides is 1. The Bertz CT molecular complexity index is 1240. The van der Waals surface area contributed by atoms with Crippen LogP contribution in [0.15, 0.2) is 47.4 Å². The van der Waals surface area contributed by atoms with Crippen LogP contribution in [0.5, 0.6) is 0 Å². The summed E-state index contributed by atoms with van der Waals surface area (Å²) in [6.07, 6.45) is -0.363. The number of carbonyl (C=O) groups excluding carboxylic acids is 2. The molecular weight excluding hydrogens is 438 g/mol. The van der Waals surface area contributed by atoms with Gasteiger partial charge in [-0.3, -0.25) is 4.72 Å². The first-order valence-electron chi connectivity index (χ1n) is 9.67. The van der Waals surface area contributed by atoms with Gasteiger partial charge in [-0.05, 0) is 56.2 Å². The van der Waals surface area contributed by atoms with Crippen LogP contribution in [0.1, 0.15) is 46.4 Å². The number of carbonyl (C=O) groups is 2. The average Bonchev–Trinajstić information content (AvgIpc) is 3.02. The summed E-state index contributed by atoms with van der Waals surface area (Å²) in [5, 5.41) is 1.68. The number of thiophene rings is 1. The lowest BCUT2D eigenvalue weighted by atomic mass is 10.1. The second kappa shape index (κ2) is 9.07. The summed E-state index contributed by atoms with van der Waals surface area (Å²) < 4.78 is 38.9. The van der Waals surface area contributed by atoms with Crippen molar-refractivity contribution >= 4 is 49.1 Å². The number of esters is 2. The maximum absolute atomic E-state index is 13.1. The number of hydrogen-bond donors (Lipinski definition) is 1. The highest BCUT2D eigenvalue weighted by molar-refractivity contribution is 7.93. The zero-order valence-corrected chi connectivity index (χ0v) is 19.2. The van der Waals surface area contributed by atoms with Gasteiger partial charge in [0.2, 0.25) is 0 Å². The second-order valence-corrected chi connectivity index (χ2v) is 9.75. The molecule has 31 heavy (non-hydrogen) atoms. The number of fused-ring (bicyclic) bond motifs is 1. The Morgan fingerprint density at radius 1 is 1.06 bits per heavy atom. The first-order valence-corrected chi connectivity index (χ1v) is 12.0. The molecule has 7 nitrogen and oxygen atoms in total. The van der Waals surface area contributed by atoms with Crippen molar-refractivity contribution in [2.75, 3.05) is 11.3 Å². The molecule has 1 N–H and O–H groups in total. The van der Waals surface area contributed by atoms with Gasteiger partial charge in [0.15, 0.2) is 0 Å². The number of hydrogen-bond acceptors (Lipinski definition) is 7. The molecule has 0 saturated heterocycles. The molecule has 0 fully saturated rings. The lowest BCUT2D eigenvalue weighted by Gasteiger charge is -2.10. The topological polar surface area (TPSA) is 98.8 Å². The quantitative estimate of drug-likeness (QED) is 0.510. The molecule has 0 aliphatic rings. The molecule has 164 valence electrons. The van der Waals surface area contributed by atoms with Crippen LogP contribution in [0.25, 0.3) is 10.8 Å². The number of anilines is 1. The third-order valence-corrected chi connectivity index (χ3v) is 7.08. The van der Waals surface area contributed by atoms with Crippen LogP contribution in [0.2, 0.25) is 0 Å². The van der Waals surface area contributed by atoms with Crippen molar-refractivity contribution in [3.05, 3.63) is 58.5 Å². The molecule has 0 spiro atoms. The van der Waals surface area contributed by atoms with Crippen molar-refractivity contribution in [3.63, 3.8) is 0 Å². The first-order chi connectivity index (χ1) is 14.6. The van der Waals surface area contributed by atoms with Crippen molar-refractivity contribution in [1.29, 1.82) is 0 Å². The van der Waals surface area contributed by atoms with E-state index in [1.54, 1.807) is 39.8 Å². The van der Waals surface area contributed by atoms with Gasteiger partial charge >= 0.3 is 11.9 Å².